The Bertz CT molecular complexity index is 1490. The molecule has 0 aliphatic heterocycles. The third kappa shape index (κ3) is 4.26. The minimum atomic E-state index is 0.401. The minimum Gasteiger partial charge on any atom is -0.497 e. The average molecular weight is 471 g/mol. The Morgan fingerprint density at radius 3 is 2.69 bits per heavy atom. The first kappa shape index (κ1) is 22.4. The van der Waals surface area contributed by atoms with Crippen LogP contribution in [-0.4, -0.2) is 43.5 Å². The number of ether oxygens (including phenoxy) is 2. The minimum absolute atomic E-state index is 0.401. The number of nitrogens with two attached hydrogens (primary N) is 1. The zero-order valence-corrected chi connectivity index (χ0v) is 19.8. The van der Waals surface area contributed by atoms with Gasteiger partial charge in [-0.15, -0.1) is 0 Å². The SMILES string of the molecule is COc1ccc(CNc2ncnc3c2c(-c2ccn(C)n2)cn3-c2cncc(CN)c2)c(OC)c1. The molecule has 0 saturated carbocycles. The highest BCUT2D eigenvalue weighted by Gasteiger charge is 2.19. The van der Waals surface area contributed by atoms with E-state index in [0.717, 1.165) is 50.6 Å². The molecule has 5 rings (SSSR count). The predicted octanol–water partition coefficient (Wildman–Crippen LogP) is 3.30. The van der Waals surface area contributed by atoms with Gasteiger partial charge in [0.25, 0.3) is 0 Å². The predicted molar refractivity (Wildman–Crippen MR) is 134 cm³/mol. The van der Waals surface area contributed by atoms with E-state index < -0.39 is 0 Å². The highest BCUT2D eigenvalue weighted by Crippen LogP contribution is 2.35. The third-order valence-corrected chi connectivity index (χ3v) is 5.81. The van der Waals surface area contributed by atoms with E-state index >= 15 is 0 Å². The Morgan fingerprint density at radius 1 is 1.06 bits per heavy atom. The van der Waals surface area contributed by atoms with E-state index in [1.165, 1.54) is 0 Å². The number of nitrogens with one attached hydrogen (secondary N) is 1. The van der Waals surface area contributed by atoms with Crippen LogP contribution in [0, 0.1) is 0 Å². The van der Waals surface area contributed by atoms with E-state index in [2.05, 4.69) is 25.4 Å². The van der Waals surface area contributed by atoms with Gasteiger partial charge >= 0.3 is 0 Å². The van der Waals surface area contributed by atoms with Crippen molar-refractivity contribution in [2.75, 3.05) is 19.5 Å². The van der Waals surface area contributed by atoms with Crippen LogP contribution in [0.3, 0.4) is 0 Å². The molecule has 5 aromatic rings. The van der Waals surface area contributed by atoms with Crippen LogP contribution in [0.15, 0.2) is 61.4 Å². The van der Waals surface area contributed by atoms with E-state index in [9.17, 15) is 0 Å². The van der Waals surface area contributed by atoms with Crippen molar-refractivity contribution in [3.63, 3.8) is 0 Å². The lowest BCUT2D eigenvalue weighted by Crippen LogP contribution is -2.05. The number of rotatable bonds is 8. The van der Waals surface area contributed by atoms with E-state index in [4.69, 9.17) is 15.2 Å². The Morgan fingerprint density at radius 2 is 1.94 bits per heavy atom. The molecule has 4 aromatic heterocycles. The van der Waals surface area contributed by atoms with Crippen LogP contribution in [0.25, 0.3) is 28.0 Å². The van der Waals surface area contributed by atoms with Crippen molar-refractivity contribution >= 4 is 16.9 Å². The van der Waals surface area contributed by atoms with Crippen molar-refractivity contribution < 1.29 is 9.47 Å². The summed E-state index contributed by atoms with van der Waals surface area (Å²) in [5, 5.41) is 8.95. The van der Waals surface area contributed by atoms with Gasteiger partial charge in [0.2, 0.25) is 0 Å². The second-order valence-electron chi connectivity index (χ2n) is 8.00. The number of methoxy groups -OCH3 is 2. The number of anilines is 1. The van der Waals surface area contributed by atoms with Gasteiger partial charge in [-0.1, -0.05) is 0 Å². The van der Waals surface area contributed by atoms with Gasteiger partial charge in [0.15, 0.2) is 5.65 Å². The number of aryl methyl sites for hydroxylation is 1. The number of nitrogens with zero attached hydrogens (tertiary/aromatic N) is 6. The first-order valence-electron chi connectivity index (χ1n) is 11.1. The number of fused-ring (bicyclic) bond motifs is 1. The molecular weight excluding hydrogens is 444 g/mol. The summed E-state index contributed by atoms with van der Waals surface area (Å²) in [5.74, 6) is 2.16. The van der Waals surface area contributed by atoms with Crippen LogP contribution >= 0.6 is 0 Å². The first-order chi connectivity index (χ1) is 17.1. The highest BCUT2D eigenvalue weighted by molar-refractivity contribution is 6.01. The van der Waals surface area contributed by atoms with Gasteiger partial charge in [0.05, 0.1) is 37.2 Å². The molecule has 10 heteroatoms. The van der Waals surface area contributed by atoms with E-state index in [0.29, 0.717) is 18.9 Å². The molecule has 0 unspecified atom stereocenters. The van der Waals surface area contributed by atoms with Gasteiger partial charge in [-0.05, 0) is 29.8 Å². The van der Waals surface area contributed by atoms with Gasteiger partial charge in [-0.2, -0.15) is 5.10 Å². The number of hydrogen-bond acceptors (Lipinski definition) is 8. The van der Waals surface area contributed by atoms with Gasteiger partial charge < -0.3 is 20.5 Å². The Kier molecular flexibility index (Phi) is 6.02. The van der Waals surface area contributed by atoms with E-state index in [1.54, 1.807) is 37.6 Å². The second kappa shape index (κ2) is 9.43. The molecule has 0 aliphatic carbocycles. The maximum atomic E-state index is 5.85. The van der Waals surface area contributed by atoms with Gasteiger partial charge in [-0.3, -0.25) is 14.2 Å². The molecule has 0 fully saturated rings. The third-order valence-electron chi connectivity index (χ3n) is 5.81. The second-order valence-corrected chi connectivity index (χ2v) is 8.00. The molecule has 0 aliphatic rings. The molecule has 0 atom stereocenters. The van der Waals surface area contributed by atoms with E-state index in [1.807, 2.05) is 54.3 Å². The summed E-state index contributed by atoms with van der Waals surface area (Å²) in [6.07, 6.45) is 9.03. The van der Waals surface area contributed by atoms with Gasteiger partial charge in [0, 0.05) is 55.9 Å². The lowest BCUT2D eigenvalue weighted by Gasteiger charge is -2.12. The fraction of sp³-hybridized carbons (Fsp3) is 0.200. The molecule has 4 heterocycles. The highest BCUT2D eigenvalue weighted by atomic mass is 16.5. The average Bonchev–Trinajstić information content (AvgIpc) is 3.51. The molecule has 35 heavy (non-hydrogen) atoms. The quantitative estimate of drug-likeness (QED) is 0.355. The summed E-state index contributed by atoms with van der Waals surface area (Å²) < 4.78 is 14.6. The van der Waals surface area contributed by atoms with Gasteiger partial charge in [0.1, 0.15) is 23.6 Å². The van der Waals surface area contributed by atoms with Crippen LogP contribution < -0.4 is 20.5 Å². The van der Waals surface area contributed by atoms with Crippen LogP contribution in [-0.2, 0) is 20.1 Å². The normalized spacial score (nSPS) is 11.1. The zero-order valence-electron chi connectivity index (χ0n) is 19.8. The molecule has 0 amide bonds. The maximum Gasteiger partial charge on any atom is 0.150 e. The van der Waals surface area contributed by atoms with Crippen LogP contribution in [0.1, 0.15) is 11.1 Å². The first-order valence-corrected chi connectivity index (χ1v) is 11.1. The van der Waals surface area contributed by atoms with Crippen molar-refractivity contribution in [3.05, 3.63) is 72.6 Å². The molecule has 0 bridgehead atoms. The Labute approximate surface area is 202 Å². The lowest BCUT2D eigenvalue weighted by atomic mass is 10.1. The summed E-state index contributed by atoms with van der Waals surface area (Å²) in [6, 6.07) is 9.71. The maximum absolute atomic E-state index is 5.85. The van der Waals surface area contributed by atoms with E-state index in [-0.39, 0.29) is 0 Å². The standard InChI is InChI=1S/C25H26N8O2/c1-32-7-6-21(31-32)20-14-33(18-8-16(10-26)11-27-13-18)25-23(20)24(29-15-30-25)28-12-17-4-5-19(34-2)9-22(17)35-3/h4-9,11,13-15H,10,12,26H2,1-3H3,(H,28,29,30). The van der Waals surface area contributed by atoms with Crippen LogP contribution in [0.2, 0.25) is 0 Å². The number of hydrogen-bond donors (Lipinski definition) is 2. The van der Waals surface area contributed by atoms with Crippen molar-refractivity contribution in [3.8, 4) is 28.4 Å². The number of benzene rings is 1. The van der Waals surface area contributed by atoms with Crippen LogP contribution in [0.4, 0.5) is 5.82 Å². The number of pyridine rings is 1. The zero-order chi connectivity index (χ0) is 24.4. The summed E-state index contributed by atoms with van der Waals surface area (Å²) in [4.78, 5) is 13.5. The van der Waals surface area contributed by atoms with Crippen molar-refractivity contribution in [1.29, 1.82) is 0 Å². The Hall–Kier alpha value is -4.44. The monoisotopic (exact) mass is 470 g/mol. The van der Waals surface area contributed by atoms with Crippen LogP contribution in [0.5, 0.6) is 11.5 Å². The van der Waals surface area contributed by atoms with Gasteiger partial charge in [-0.25, -0.2) is 9.97 Å². The van der Waals surface area contributed by atoms with Crippen molar-refractivity contribution in [1.82, 2.24) is 29.3 Å². The van der Waals surface area contributed by atoms with Crippen molar-refractivity contribution in [2.24, 2.45) is 12.8 Å². The fourth-order valence-corrected chi connectivity index (χ4v) is 4.04. The molecule has 0 spiro atoms. The molecule has 0 saturated heterocycles. The summed E-state index contributed by atoms with van der Waals surface area (Å²) in [7, 11) is 5.17. The largest absolute Gasteiger partial charge is 0.497 e. The molecule has 1 aromatic carbocycles. The lowest BCUT2D eigenvalue weighted by molar-refractivity contribution is 0.391. The number of aromatic nitrogens is 6. The van der Waals surface area contributed by atoms with Crippen molar-refractivity contribution in [2.45, 2.75) is 13.1 Å². The summed E-state index contributed by atoms with van der Waals surface area (Å²) >= 11 is 0. The Balaban J connectivity index is 1.62. The fourth-order valence-electron chi connectivity index (χ4n) is 4.04. The molecule has 3 N–H and O–H groups in total. The summed E-state index contributed by atoms with van der Waals surface area (Å²) in [5.41, 5.74) is 11.1. The molecule has 10 nitrogen and oxygen atoms in total. The molecular formula is C25H26N8O2. The summed E-state index contributed by atoms with van der Waals surface area (Å²) in [6.45, 7) is 0.898. The smallest absolute Gasteiger partial charge is 0.150 e. The topological polar surface area (TPSA) is 118 Å². The molecule has 178 valence electrons. The molecule has 0 radical (unpaired) electrons.